The Balaban J connectivity index is 1.73. The molecule has 0 bridgehead atoms. The van der Waals surface area contributed by atoms with E-state index in [1.807, 2.05) is 0 Å². The van der Waals surface area contributed by atoms with Gasteiger partial charge in [-0.25, -0.2) is 8.78 Å². The molecule has 0 saturated carbocycles. The van der Waals surface area contributed by atoms with Crippen LogP contribution >= 0.6 is 0 Å². The lowest BCUT2D eigenvalue weighted by atomic mass is 9.99. The fourth-order valence-corrected chi connectivity index (χ4v) is 2.52. The van der Waals surface area contributed by atoms with E-state index in [9.17, 15) is 8.78 Å². The summed E-state index contributed by atoms with van der Waals surface area (Å²) in [6.07, 6.45) is 5.04. The molecule has 1 aromatic carbocycles. The highest BCUT2D eigenvalue weighted by atomic mass is 19.1. The molecule has 1 aliphatic rings. The number of hydrogen-bond acceptors (Lipinski definition) is 3. The van der Waals surface area contributed by atoms with Crippen LogP contribution in [0, 0.1) is 17.6 Å². The minimum Gasteiger partial charge on any atom is -0.487 e. The van der Waals surface area contributed by atoms with Crippen LogP contribution in [0.1, 0.15) is 12.8 Å². The van der Waals surface area contributed by atoms with Crippen molar-refractivity contribution in [2.75, 3.05) is 19.7 Å². The summed E-state index contributed by atoms with van der Waals surface area (Å²) >= 11 is 0. The van der Waals surface area contributed by atoms with Crippen molar-refractivity contribution in [2.24, 2.45) is 5.92 Å². The Morgan fingerprint density at radius 1 is 1.14 bits per heavy atom. The summed E-state index contributed by atoms with van der Waals surface area (Å²) in [5.41, 5.74) is 1.07. The van der Waals surface area contributed by atoms with Gasteiger partial charge < -0.3 is 10.1 Å². The third-order valence-corrected chi connectivity index (χ3v) is 3.75. The Morgan fingerprint density at radius 3 is 2.48 bits per heavy atom. The smallest absolute Gasteiger partial charge is 0.190 e. The van der Waals surface area contributed by atoms with Crippen LogP contribution in [-0.2, 0) is 0 Å². The number of aromatic amines is 1. The largest absolute Gasteiger partial charge is 0.487 e. The summed E-state index contributed by atoms with van der Waals surface area (Å²) in [6, 6.07) is 2.54. The van der Waals surface area contributed by atoms with Gasteiger partial charge in [0.2, 0.25) is 0 Å². The summed E-state index contributed by atoms with van der Waals surface area (Å²) < 4.78 is 33.5. The van der Waals surface area contributed by atoms with E-state index in [1.54, 1.807) is 6.20 Å². The zero-order valence-electron chi connectivity index (χ0n) is 11.5. The Labute approximate surface area is 121 Å². The normalized spacial score (nSPS) is 16.1. The second kappa shape index (κ2) is 6.22. The quantitative estimate of drug-likeness (QED) is 0.911. The third-order valence-electron chi connectivity index (χ3n) is 3.75. The zero-order valence-corrected chi connectivity index (χ0v) is 11.5. The lowest BCUT2D eigenvalue weighted by Gasteiger charge is -2.22. The second-order valence-corrected chi connectivity index (χ2v) is 5.26. The molecule has 0 amide bonds. The maximum atomic E-state index is 14.0. The predicted molar refractivity (Wildman–Crippen MR) is 75.0 cm³/mol. The van der Waals surface area contributed by atoms with Crippen molar-refractivity contribution < 1.29 is 13.5 Å². The number of rotatable bonds is 4. The van der Waals surface area contributed by atoms with Crippen LogP contribution < -0.4 is 10.1 Å². The summed E-state index contributed by atoms with van der Waals surface area (Å²) in [4.78, 5) is 0. The average Bonchev–Trinajstić information content (AvgIpc) is 3.01. The molecule has 3 rings (SSSR count). The number of hydrogen-bond donors (Lipinski definition) is 2. The molecular weight excluding hydrogens is 276 g/mol. The van der Waals surface area contributed by atoms with Crippen LogP contribution in [0.4, 0.5) is 8.78 Å². The Hall–Kier alpha value is -1.95. The van der Waals surface area contributed by atoms with Gasteiger partial charge in [-0.05, 0) is 49.5 Å². The highest BCUT2D eigenvalue weighted by molar-refractivity contribution is 5.63. The van der Waals surface area contributed by atoms with E-state index in [-0.39, 0.29) is 5.75 Å². The van der Waals surface area contributed by atoms with Crippen molar-refractivity contribution in [2.45, 2.75) is 12.8 Å². The van der Waals surface area contributed by atoms with E-state index in [0.717, 1.165) is 25.9 Å². The monoisotopic (exact) mass is 293 g/mol. The molecule has 0 spiro atoms. The van der Waals surface area contributed by atoms with Gasteiger partial charge in [-0.15, -0.1) is 0 Å². The van der Waals surface area contributed by atoms with E-state index in [4.69, 9.17) is 4.74 Å². The summed E-state index contributed by atoms with van der Waals surface area (Å²) in [5.74, 6) is -1.31. The van der Waals surface area contributed by atoms with E-state index in [1.165, 1.54) is 18.3 Å². The van der Waals surface area contributed by atoms with Crippen LogP contribution in [0.3, 0.4) is 0 Å². The lowest BCUT2D eigenvalue weighted by Crippen LogP contribution is -2.30. The highest BCUT2D eigenvalue weighted by Gasteiger charge is 2.18. The average molecular weight is 293 g/mol. The zero-order chi connectivity index (χ0) is 14.7. The van der Waals surface area contributed by atoms with E-state index >= 15 is 0 Å². The Morgan fingerprint density at radius 2 is 1.86 bits per heavy atom. The first-order chi connectivity index (χ1) is 10.2. The van der Waals surface area contributed by atoms with Crippen molar-refractivity contribution in [1.82, 2.24) is 15.5 Å². The number of nitrogens with zero attached hydrogens (tertiary/aromatic N) is 1. The number of nitrogens with one attached hydrogen (secondary N) is 2. The first-order valence-corrected chi connectivity index (χ1v) is 7.06. The number of piperidine rings is 1. The standard InChI is InChI=1S/C15H17F2N3O/c16-13-5-11(12-7-19-20-8-12)6-14(17)15(13)21-9-10-1-3-18-4-2-10/h5-8,10,18H,1-4,9H2,(H,19,20). The van der Waals surface area contributed by atoms with Gasteiger partial charge in [0.05, 0.1) is 12.8 Å². The van der Waals surface area contributed by atoms with Gasteiger partial charge in [0, 0.05) is 11.8 Å². The second-order valence-electron chi connectivity index (χ2n) is 5.26. The van der Waals surface area contributed by atoms with Gasteiger partial charge >= 0.3 is 0 Å². The molecule has 0 radical (unpaired) electrons. The molecule has 1 saturated heterocycles. The molecule has 2 N–H and O–H groups in total. The molecule has 112 valence electrons. The van der Waals surface area contributed by atoms with Crippen molar-refractivity contribution in [3.05, 3.63) is 36.2 Å². The lowest BCUT2D eigenvalue weighted by molar-refractivity contribution is 0.201. The van der Waals surface area contributed by atoms with Crippen molar-refractivity contribution in [3.8, 4) is 16.9 Å². The van der Waals surface area contributed by atoms with Gasteiger partial charge in [0.25, 0.3) is 0 Å². The minimum absolute atomic E-state index is 0.291. The number of H-pyrrole nitrogens is 1. The molecule has 2 heterocycles. The first kappa shape index (κ1) is 14.0. The van der Waals surface area contributed by atoms with E-state index in [0.29, 0.717) is 23.7 Å². The van der Waals surface area contributed by atoms with Crippen LogP contribution in [0.15, 0.2) is 24.5 Å². The number of ether oxygens (including phenoxy) is 1. The van der Waals surface area contributed by atoms with Gasteiger partial charge in [-0.2, -0.15) is 5.10 Å². The van der Waals surface area contributed by atoms with Gasteiger partial charge in [0.1, 0.15) is 0 Å². The summed E-state index contributed by atoms with van der Waals surface area (Å²) in [5, 5.41) is 9.63. The topological polar surface area (TPSA) is 49.9 Å². The van der Waals surface area contributed by atoms with Gasteiger partial charge in [-0.1, -0.05) is 0 Å². The molecule has 21 heavy (non-hydrogen) atoms. The van der Waals surface area contributed by atoms with Crippen molar-refractivity contribution in [3.63, 3.8) is 0 Å². The molecule has 4 nitrogen and oxygen atoms in total. The minimum atomic E-state index is -0.680. The molecule has 6 heteroatoms. The fraction of sp³-hybridized carbons (Fsp3) is 0.400. The first-order valence-electron chi connectivity index (χ1n) is 7.06. The molecule has 0 aliphatic carbocycles. The van der Waals surface area contributed by atoms with Crippen LogP contribution in [0.2, 0.25) is 0 Å². The number of halogens is 2. The molecule has 1 fully saturated rings. The summed E-state index contributed by atoms with van der Waals surface area (Å²) in [7, 11) is 0. The predicted octanol–water partition coefficient (Wildman–Crippen LogP) is 2.73. The number of aromatic nitrogens is 2. The maximum absolute atomic E-state index is 14.0. The number of benzene rings is 1. The fourth-order valence-electron chi connectivity index (χ4n) is 2.52. The highest BCUT2D eigenvalue weighted by Crippen LogP contribution is 2.29. The van der Waals surface area contributed by atoms with Gasteiger partial charge in [0.15, 0.2) is 17.4 Å². The molecule has 0 atom stereocenters. The van der Waals surface area contributed by atoms with E-state index in [2.05, 4.69) is 15.5 Å². The summed E-state index contributed by atoms with van der Waals surface area (Å²) in [6.45, 7) is 2.21. The molecular formula is C15H17F2N3O. The van der Waals surface area contributed by atoms with Crippen LogP contribution in [0.5, 0.6) is 5.75 Å². The van der Waals surface area contributed by atoms with Gasteiger partial charge in [-0.3, -0.25) is 5.10 Å². The van der Waals surface area contributed by atoms with Crippen molar-refractivity contribution >= 4 is 0 Å². The van der Waals surface area contributed by atoms with E-state index < -0.39 is 11.6 Å². The molecule has 2 aromatic rings. The van der Waals surface area contributed by atoms with Crippen LogP contribution in [-0.4, -0.2) is 29.9 Å². The third kappa shape index (κ3) is 3.21. The maximum Gasteiger partial charge on any atom is 0.190 e. The Bertz CT molecular complexity index is 572. The molecule has 0 unspecified atom stereocenters. The molecule has 1 aliphatic heterocycles. The van der Waals surface area contributed by atoms with Crippen LogP contribution in [0.25, 0.3) is 11.1 Å². The van der Waals surface area contributed by atoms with Crippen molar-refractivity contribution in [1.29, 1.82) is 0 Å². The molecule has 1 aromatic heterocycles. The Kier molecular flexibility index (Phi) is 4.15. The SMILES string of the molecule is Fc1cc(-c2cn[nH]c2)cc(F)c1OCC1CCNCC1.